The Morgan fingerprint density at radius 2 is 2.42 bits per heavy atom. The molecule has 2 N–H and O–H groups in total. The third kappa shape index (κ3) is 3.89. The van der Waals surface area contributed by atoms with Gasteiger partial charge in [-0.25, -0.2) is 4.98 Å². The second-order valence-corrected chi connectivity index (χ2v) is 5.92. The van der Waals surface area contributed by atoms with Gasteiger partial charge in [-0.1, -0.05) is 11.8 Å². The quantitative estimate of drug-likeness (QED) is 0.848. The summed E-state index contributed by atoms with van der Waals surface area (Å²) in [5.74, 6) is 5.21. The summed E-state index contributed by atoms with van der Waals surface area (Å²) in [4.78, 5) is 17.8. The minimum absolute atomic E-state index is 0.126. The number of aliphatic hydroxyl groups excluding tert-OH is 1. The van der Waals surface area contributed by atoms with Gasteiger partial charge in [-0.3, -0.25) is 4.79 Å². The lowest BCUT2D eigenvalue weighted by Crippen LogP contribution is -2.21. The van der Waals surface area contributed by atoms with Crippen molar-refractivity contribution in [3.05, 3.63) is 38.0 Å². The lowest BCUT2D eigenvalue weighted by atomic mass is 10.3. The molecule has 0 aliphatic carbocycles. The third-order valence-electron chi connectivity index (χ3n) is 2.24. The number of rotatable bonds is 3. The topological polar surface area (TPSA) is 62.2 Å². The molecule has 2 rings (SSSR count). The normalized spacial score (nSPS) is 9.79. The zero-order valence-electron chi connectivity index (χ0n) is 10.3. The summed E-state index contributed by atoms with van der Waals surface area (Å²) < 4.78 is 0. The van der Waals surface area contributed by atoms with Gasteiger partial charge in [0.15, 0.2) is 0 Å². The highest BCUT2D eigenvalue weighted by atomic mass is 32.1. The number of carbonyl (C=O) groups is 1. The number of hydrogen-bond donors (Lipinski definition) is 2. The molecule has 0 aromatic carbocycles. The van der Waals surface area contributed by atoms with Gasteiger partial charge in [0.25, 0.3) is 5.91 Å². The van der Waals surface area contributed by atoms with Crippen LogP contribution >= 0.6 is 22.7 Å². The number of aryl methyl sites for hydroxylation is 1. The molecular weight excluding hydrogens is 280 g/mol. The van der Waals surface area contributed by atoms with Gasteiger partial charge in [0.05, 0.1) is 22.0 Å². The van der Waals surface area contributed by atoms with E-state index in [2.05, 4.69) is 22.1 Å². The molecule has 0 saturated carbocycles. The minimum atomic E-state index is -0.176. The van der Waals surface area contributed by atoms with Crippen LogP contribution in [0.4, 0.5) is 0 Å². The average Bonchev–Trinajstić information content (AvgIpc) is 3.02. The van der Waals surface area contributed by atoms with E-state index in [0.29, 0.717) is 12.1 Å². The maximum absolute atomic E-state index is 11.9. The van der Waals surface area contributed by atoms with Crippen molar-refractivity contribution in [2.24, 2.45) is 0 Å². The smallest absolute Gasteiger partial charge is 0.252 e. The summed E-state index contributed by atoms with van der Waals surface area (Å²) in [6.07, 6.45) is 1.77. The summed E-state index contributed by atoms with van der Waals surface area (Å²) in [5.41, 5.74) is 0.591. The highest BCUT2D eigenvalue weighted by Gasteiger charge is 2.08. The fraction of sp³-hybridized carbons (Fsp3) is 0.231. The Hall–Kier alpha value is -1.68. The first kappa shape index (κ1) is 13.7. The number of thiophene rings is 1. The van der Waals surface area contributed by atoms with Gasteiger partial charge in [-0.15, -0.1) is 22.7 Å². The molecular formula is C13H12N2O2S2. The summed E-state index contributed by atoms with van der Waals surface area (Å²) in [7, 11) is 0. The van der Waals surface area contributed by atoms with E-state index in [9.17, 15) is 4.79 Å². The second kappa shape index (κ2) is 6.48. The van der Waals surface area contributed by atoms with Crippen molar-refractivity contribution < 1.29 is 9.90 Å². The van der Waals surface area contributed by atoms with Gasteiger partial charge in [-0.05, 0) is 13.0 Å². The Morgan fingerprint density at radius 1 is 1.58 bits per heavy atom. The number of aliphatic hydroxyl groups is 1. The van der Waals surface area contributed by atoms with Crippen molar-refractivity contribution in [2.45, 2.75) is 13.5 Å². The molecule has 98 valence electrons. The predicted octanol–water partition coefficient (Wildman–Crippen LogP) is 1.79. The van der Waals surface area contributed by atoms with E-state index in [-0.39, 0.29) is 12.5 Å². The van der Waals surface area contributed by atoms with Crippen LogP contribution in [0.25, 0.3) is 0 Å². The molecule has 4 nitrogen and oxygen atoms in total. The fourth-order valence-electron chi connectivity index (χ4n) is 1.40. The van der Waals surface area contributed by atoms with Crippen LogP contribution in [0.2, 0.25) is 0 Å². The summed E-state index contributed by atoms with van der Waals surface area (Å²) in [6, 6.07) is 1.72. The Morgan fingerprint density at radius 3 is 3.11 bits per heavy atom. The first-order valence-corrected chi connectivity index (χ1v) is 7.26. The number of nitrogens with one attached hydrogen (secondary N) is 1. The summed E-state index contributed by atoms with van der Waals surface area (Å²) >= 11 is 2.96. The van der Waals surface area contributed by atoms with E-state index in [0.717, 1.165) is 14.8 Å². The second-order valence-electron chi connectivity index (χ2n) is 3.69. The third-order valence-corrected chi connectivity index (χ3v) is 4.00. The predicted molar refractivity (Wildman–Crippen MR) is 76.3 cm³/mol. The summed E-state index contributed by atoms with van der Waals surface area (Å²) in [5, 5.41) is 14.2. The molecule has 0 aliphatic rings. The molecule has 0 atom stereocenters. The number of carbonyl (C=O) groups excluding carboxylic acids is 1. The average molecular weight is 292 g/mol. The SMILES string of the molecule is Cc1ncc(CNC(=O)c2csc(C#CCO)c2)s1. The van der Waals surface area contributed by atoms with E-state index in [1.807, 2.05) is 6.92 Å². The zero-order chi connectivity index (χ0) is 13.7. The Balaban J connectivity index is 1.94. The highest BCUT2D eigenvalue weighted by molar-refractivity contribution is 7.11. The lowest BCUT2D eigenvalue weighted by molar-refractivity contribution is 0.0951. The number of amides is 1. The molecule has 0 bridgehead atoms. The van der Waals surface area contributed by atoms with Crippen molar-refractivity contribution in [2.75, 3.05) is 6.61 Å². The van der Waals surface area contributed by atoms with Crippen molar-refractivity contribution in [3.8, 4) is 11.8 Å². The molecule has 2 heterocycles. The molecule has 6 heteroatoms. The summed E-state index contributed by atoms with van der Waals surface area (Å²) in [6.45, 7) is 2.24. The zero-order valence-corrected chi connectivity index (χ0v) is 11.9. The van der Waals surface area contributed by atoms with Gasteiger partial charge in [0.1, 0.15) is 6.61 Å². The van der Waals surface area contributed by atoms with Gasteiger partial charge < -0.3 is 10.4 Å². The van der Waals surface area contributed by atoms with Crippen LogP contribution in [-0.4, -0.2) is 22.6 Å². The minimum Gasteiger partial charge on any atom is -0.384 e. The van der Waals surface area contributed by atoms with Crippen LogP contribution in [0.3, 0.4) is 0 Å². The van der Waals surface area contributed by atoms with Crippen LogP contribution in [0, 0.1) is 18.8 Å². The lowest BCUT2D eigenvalue weighted by Gasteiger charge is -2.00. The molecule has 0 unspecified atom stereocenters. The number of nitrogens with zero attached hydrogens (tertiary/aromatic N) is 1. The Labute approximate surface area is 119 Å². The maximum Gasteiger partial charge on any atom is 0.252 e. The van der Waals surface area contributed by atoms with Gasteiger partial charge in [0, 0.05) is 16.5 Å². The largest absolute Gasteiger partial charge is 0.384 e. The van der Waals surface area contributed by atoms with Crippen LogP contribution in [-0.2, 0) is 6.54 Å². The first-order chi connectivity index (χ1) is 9.19. The standard InChI is InChI=1S/C13H12N2O2S2/c1-9-14-6-12(19-9)7-15-13(17)10-5-11(18-8-10)3-2-4-16/h5-6,8,16H,4,7H2,1H3,(H,15,17). The van der Waals surface area contributed by atoms with E-state index in [4.69, 9.17) is 5.11 Å². The Bertz CT molecular complexity index is 634. The molecule has 0 aliphatic heterocycles. The van der Waals surface area contributed by atoms with Gasteiger partial charge in [0.2, 0.25) is 0 Å². The molecule has 0 radical (unpaired) electrons. The van der Waals surface area contributed by atoms with E-state index in [1.54, 1.807) is 29.0 Å². The van der Waals surface area contributed by atoms with Crippen molar-refractivity contribution in [1.82, 2.24) is 10.3 Å². The first-order valence-electron chi connectivity index (χ1n) is 5.57. The van der Waals surface area contributed by atoms with Crippen LogP contribution in [0.15, 0.2) is 17.6 Å². The van der Waals surface area contributed by atoms with Gasteiger partial charge in [-0.2, -0.15) is 0 Å². The number of hydrogen-bond acceptors (Lipinski definition) is 5. The van der Waals surface area contributed by atoms with Crippen LogP contribution in [0.5, 0.6) is 0 Å². The molecule has 19 heavy (non-hydrogen) atoms. The molecule has 0 fully saturated rings. The van der Waals surface area contributed by atoms with E-state index < -0.39 is 0 Å². The Kier molecular flexibility index (Phi) is 4.68. The maximum atomic E-state index is 11.9. The van der Waals surface area contributed by atoms with Crippen LogP contribution in [0.1, 0.15) is 25.1 Å². The molecule has 0 spiro atoms. The fourth-order valence-corrected chi connectivity index (χ4v) is 2.89. The van der Waals surface area contributed by atoms with Gasteiger partial charge >= 0.3 is 0 Å². The van der Waals surface area contributed by atoms with Crippen molar-refractivity contribution >= 4 is 28.6 Å². The van der Waals surface area contributed by atoms with Crippen LogP contribution < -0.4 is 5.32 Å². The molecule has 1 amide bonds. The van der Waals surface area contributed by atoms with E-state index >= 15 is 0 Å². The van der Waals surface area contributed by atoms with Crippen molar-refractivity contribution in [3.63, 3.8) is 0 Å². The number of thiazole rings is 1. The molecule has 0 saturated heterocycles. The molecule has 2 aromatic rings. The molecule has 2 aromatic heterocycles. The monoisotopic (exact) mass is 292 g/mol. The highest BCUT2D eigenvalue weighted by Crippen LogP contribution is 2.14. The van der Waals surface area contributed by atoms with E-state index in [1.165, 1.54) is 11.3 Å². The number of aromatic nitrogens is 1. The van der Waals surface area contributed by atoms with Crippen molar-refractivity contribution in [1.29, 1.82) is 0 Å².